The number of nitrogen functional groups attached to an aromatic ring is 1. The van der Waals surface area contributed by atoms with E-state index in [2.05, 4.69) is 21.8 Å². The third-order valence-corrected chi connectivity index (χ3v) is 5.96. The molecule has 2 unspecified atom stereocenters. The number of nitrogens with two attached hydrogens (primary N) is 1. The molecule has 1 fully saturated rings. The highest BCUT2D eigenvalue weighted by Crippen LogP contribution is 2.30. The van der Waals surface area contributed by atoms with Gasteiger partial charge in [0.1, 0.15) is 24.2 Å². The van der Waals surface area contributed by atoms with Crippen molar-refractivity contribution >= 4 is 28.4 Å². The molecule has 8 nitrogen and oxygen atoms in total. The number of amides is 1. The van der Waals surface area contributed by atoms with Crippen molar-refractivity contribution in [3.63, 3.8) is 0 Å². The van der Waals surface area contributed by atoms with Crippen molar-refractivity contribution in [3.05, 3.63) is 42.9 Å². The topological polar surface area (TPSA) is 104 Å². The number of nitriles is 1. The number of nitrogens with zero attached hydrogens (tertiary/aromatic N) is 6. The molecule has 2 aromatic heterocycles. The lowest BCUT2D eigenvalue weighted by molar-refractivity contribution is -0.131. The number of carbonyl (C=O) groups is 1. The molecular formula is C22H25N7O. The summed E-state index contributed by atoms with van der Waals surface area (Å²) in [4.78, 5) is 25.3. The number of likely N-dealkylation sites (tertiary alicyclic amines) is 1. The van der Waals surface area contributed by atoms with Gasteiger partial charge < -0.3 is 20.1 Å². The summed E-state index contributed by atoms with van der Waals surface area (Å²) in [6.45, 7) is 3.48. The van der Waals surface area contributed by atoms with Gasteiger partial charge in [-0.15, -0.1) is 0 Å². The molecule has 1 aliphatic rings. The fourth-order valence-electron chi connectivity index (χ4n) is 4.18. The molecule has 1 aromatic carbocycles. The predicted octanol–water partition coefficient (Wildman–Crippen LogP) is 2.59. The lowest BCUT2D eigenvalue weighted by Crippen LogP contribution is -2.52. The Bertz CT molecular complexity index is 1100. The lowest BCUT2D eigenvalue weighted by atomic mass is 9.92. The zero-order valence-corrected chi connectivity index (χ0v) is 17.2. The second kappa shape index (κ2) is 8.03. The van der Waals surface area contributed by atoms with Gasteiger partial charge in [-0.1, -0.05) is 6.92 Å². The van der Waals surface area contributed by atoms with E-state index >= 15 is 0 Å². The molecule has 1 amide bonds. The summed E-state index contributed by atoms with van der Waals surface area (Å²) in [6, 6.07) is 11.7. The normalized spacial score (nSPS) is 18.9. The molecule has 1 saturated heterocycles. The summed E-state index contributed by atoms with van der Waals surface area (Å²) in [6.07, 6.45) is 4.38. The molecule has 3 aromatic rings. The van der Waals surface area contributed by atoms with Crippen LogP contribution in [0.1, 0.15) is 19.8 Å². The third-order valence-electron chi connectivity index (χ3n) is 5.96. The molecule has 3 heterocycles. The van der Waals surface area contributed by atoms with Crippen LogP contribution in [-0.2, 0) is 4.79 Å². The molecule has 1 aliphatic heterocycles. The second-order valence-corrected chi connectivity index (χ2v) is 7.83. The zero-order valence-electron chi connectivity index (χ0n) is 17.2. The Morgan fingerprint density at radius 3 is 2.80 bits per heavy atom. The van der Waals surface area contributed by atoms with Crippen molar-refractivity contribution in [1.29, 1.82) is 5.26 Å². The van der Waals surface area contributed by atoms with Gasteiger partial charge in [0.05, 0.1) is 17.5 Å². The number of aromatic nitrogens is 3. The Hall–Kier alpha value is -3.60. The first-order valence-electron chi connectivity index (χ1n) is 10.0. The van der Waals surface area contributed by atoms with Crippen LogP contribution in [0, 0.1) is 17.2 Å². The van der Waals surface area contributed by atoms with E-state index in [4.69, 9.17) is 11.0 Å². The van der Waals surface area contributed by atoms with Crippen molar-refractivity contribution in [2.24, 2.45) is 5.92 Å². The maximum Gasteiger partial charge on any atom is 0.236 e. The molecule has 0 radical (unpaired) electrons. The van der Waals surface area contributed by atoms with Crippen molar-refractivity contribution in [2.75, 3.05) is 30.8 Å². The highest BCUT2D eigenvalue weighted by Gasteiger charge is 2.32. The van der Waals surface area contributed by atoms with Crippen LogP contribution in [0.5, 0.6) is 0 Å². The maximum absolute atomic E-state index is 12.3. The van der Waals surface area contributed by atoms with Gasteiger partial charge in [0.2, 0.25) is 5.91 Å². The van der Waals surface area contributed by atoms with Crippen LogP contribution in [0.4, 0.5) is 11.5 Å². The highest BCUT2D eigenvalue weighted by atomic mass is 16.2. The van der Waals surface area contributed by atoms with Crippen molar-refractivity contribution in [2.45, 2.75) is 25.8 Å². The summed E-state index contributed by atoms with van der Waals surface area (Å²) in [5.41, 5.74) is 8.33. The van der Waals surface area contributed by atoms with E-state index in [1.807, 2.05) is 54.2 Å². The van der Waals surface area contributed by atoms with Crippen LogP contribution in [0.25, 0.3) is 16.7 Å². The zero-order chi connectivity index (χ0) is 21.3. The number of rotatable bonds is 4. The molecule has 0 aliphatic carbocycles. The van der Waals surface area contributed by atoms with Crippen molar-refractivity contribution in [3.8, 4) is 11.8 Å². The predicted molar refractivity (Wildman–Crippen MR) is 116 cm³/mol. The van der Waals surface area contributed by atoms with Gasteiger partial charge in [-0.2, -0.15) is 5.26 Å². The summed E-state index contributed by atoms with van der Waals surface area (Å²) in [5.74, 6) is 1.12. The maximum atomic E-state index is 12.3. The smallest absolute Gasteiger partial charge is 0.236 e. The molecule has 4 rings (SSSR count). The van der Waals surface area contributed by atoms with E-state index in [1.165, 1.54) is 0 Å². The summed E-state index contributed by atoms with van der Waals surface area (Å²) < 4.78 is 2.01. The Morgan fingerprint density at radius 1 is 1.30 bits per heavy atom. The molecule has 0 saturated carbocycles. The van der Waals surface area contributed by atoms with E-state index in [-0.39, 0.29) is 18.4 Å². The Kier molecular flexibility index (Phi) is 5.27. The average Bonchev–Trinajstić information content (AvgIpc) is 3.18. The van der Waals surface area contributed by atoms with Crippen molar-refractivity contribution < 1.29 is 4.79 Å². The molecular weight excluding hydrogens is 378 g/mol. The number of benzene rings is 1. The van der Waals surface area contributed by atoms with Crippen LogP contribution in [-0.4, -0.2) is 51.5 Å². The highest BCUT2D eigenvalue weighted by molar-refractivity contribution is 5.89. The first-order chi connectivity index (χ1) is 14.5. The molecule has 30 heavy (non-hydrogen) atoms. The minimum Gasteiger partial charge on any atom is -0.399 e. The molecule has 0 bridgehead atoms. The first-order valence-corrected chi connectivity index (χ1v) is 10.0. The molecule has 2 N–H and O–H groups in total. The number of fused-ring (bicyclic) bond motifs is 1. The minimum atomic E-state index is -0.106. The van der Waals surface area contributed by atoms with Crippen LogP contribution >= 0.6 is 0 Å². The van der Waals surface area contributed by atoms with Gasteiger partial charge in [-0.25, -0.2) is 9.97 Å². The lowest BCUT2D eigenvalue weighted by Gasteiger charge is -2.42. The number of hydrogen-bond acceptors (Lipinski definition) is 6. The molecule has 8 heteroatoms. The van der Waals surface area contributed by atoms with Crippen LogP contribution in [0.3, 0.4) is 0 Å². The summed E-state index contributed by atoms with van der Waals surface area (Å²) >= 11 is 0. The van der Waals surface area contributed by atoms with Gasteiger partial charge in [-0.05, 0) is 42.7 Å². The van der Waals surface area contributed by atoms with Crippen LogP contribution < -0.4 is 10.6 Å². The third kappa shape index (κ3) is 3.54. The Labute approximate surface area is 175 Å². The molecule has 0 spiro atoms. The van der Waals surface area contributed by atoms with Gasteiger partial charge in [0, 0.05) is 37.7 Å². The molecule has 2 atom stereocenters. The van der Waals surface area contributed by atoms with E-state index in [0.29, 0.717) is 24.7 Å². The summed E-state index contributed by atoms with van der Waals surface area (Å²) in [7, 11) is 2.02. The van der Waals surface area contributed by atoms with E-state index in [0.717, 1.165) is 29.0 Å². The number of carbonyl (C=O) groups excluding carboxylic acids is 1. The summed E-state index contributed by atoms with van der Waals surface area (Å²) in [5, 5.41) is 9.82. The largest absolute Gasteiger partial charge is 0.399 e. The Morgan fingerprint density at radius 2 is 2.07 bits per heavy atom. The second-order valence-electron chi connectivity index (χ2n) is 7.83. The monoisotopic (exact) mass is 403 g/mol. The fraction of sp³-hybridized carbons (Fsp3) is 0.364. The Balaban J connectivity index is 1.66. The van der Waals surface area contributed by atoms with Gasteiger partial charge >= 0.3 is 0 Å². The van der Waals surface area contributed by atoms with Gasteiger partial charge in [0.15, 0.2) is 0 Å². The molecule has 154 valence electrons. The standard InChI is InChI=1S/C22H25N7O/c1-15-8-11-28(20(30)7-10-23)13-19(15)27(2)21-18-9-12-29(22(18)26-14-25-21)17-5-3-16(24)4-6-17/h3-6,9,12,14-15,19H,7-8,11,13,24H2,1-2H3. The SMILES string of the molecule is CC1CCN(C(=O)CC#N)CC1N(C)c1ncnc2c1ccn2-c1ccc(N)cc1. The quantitative estimate of drug-likeness (QED) is 0.672. The number of likely N-dealkylation sites (N-methyl/N-ethyl adjacent to an activating group) is 1. The van der Waals surface area contributed by atoms with Crippen LogP contribution in [0.15, 0.2) is 42.9 Å². The van der Waals surface area contributed by atoms with E-state index in [9.17, 15) is 4.79 Å². The van der Waals surface area contributed by atoms with Crippen LogP contribution in [0.2, 0.25) is 0 Å². The fourth-order valence-corrected chi connectivity index (χ4v) is 4.18. The number of piperidine rings is 1. The average molecular weight is 403 g/mol. The van der Waals surface area contributed by atoms with Gasteiger partial charge in [-0.3, -0.25) is 4.79 Å². The van der Waals surface area contributed by atoms with E-state index in [1.54, 1.807) is 11.2 Å². The number of anilines is 2. The van der Waals surface area contributed by atoms with Crippen molar-refractivity contribution in [1.82, 2.24) is 19.4 Å². The minimum absolute atomic E-state index is 0.0764. The first kappa shape index (κ1) is 19.7. The van der Waals surface area contributed by atoms with Gasteiger partial charge in [0.25, 0.3) is 0 Å². The number of hydrogen-bond donors (Lipinski definition) is 1. The van der Waals surface area contributed by atoms with E-state index < -0.39 is 0 Å².